The van der Waals surface area contributed by atoms with Gasteiger partial charge in [-0.25, -0.2) is 10.2 Å². The average molecular weight is 311 g/mol. The SMILES string of the molecule is CCONC(=O)c1cc(-c2ccc(C)o2)nn1-c1ccccc1. The van der Waals surface area contributed by atoms with Crippen LogP contribution in [-0.4, -0.2) is 22.3 Å². The predicted molar refractivity (Wildman–Crippen MR) is 85.1 cm³/mol. The molecule has 1 aromatic carbocycles. The zero-order chi connectivity index (χ0) is 16.2. The van der Waals surface area contributed by atoms with E-state index in [-0.39, 0.29) is 5.91 Å². The normalized spacial score (nSPS) is 10.7. The molecule has 0 aliphatic carbocycles. The first-order valence-electron chi connectivity index (χ1n) is 7.33. The van der Waals surface area contributed by atoms with Gasteiger partial charge in [-0.2, -0.15) is 5.10 Å². The number of hydroxylamine groups is 1. The van der Waals surface area contributed by atoms with Crippen LogP contribution in [0.1, 0.15) is 23.2 Å². The average Bonchev–Trinajstić information content (AvgIpc) is 3.19. The summed E-state index contributed by atoms with van der Waals surface area (Å²) in [4.78, 5) is 17.3. The van der Waals surface area contributed by atoms with Gasteiger partial charge in [0.2, 0.25) is 0 Å². The molecule has 0 bridgehead atoms. The number of nitrogens with one attached hydrogen (secondary N) is 1. The molecule has 0 saturated carbocycles. The minimum atomic E-state index is -0.363. The van der Waals surface area contributed by atoms with Crippen LogP contribution in [-0.2, 0) is 4.84 Å². The second-order valence-corrected chi connectivity index (χ2v) is 4.94. The summed E-state index contributed by atoms with van der Waals surface area (Å²) in [5.74, 6) is 1.04. The van der Waals surface area contributed by atoms with E-state index in [0.29, 0.717) is 23.8 Å². The number of hydrogen-bond donors (Lipinski definition) is 1. The van der Waals surface area contributed by atoms with E-state index in [2.05, 4.69) is 10.6 Å². The monoisotopic (exact) mass is 311 g/mol. The van der Waals surface area contributed by atoms with E-state index in [0.717, 1.165) is 11.4 Å². The van der Waals surface area contributed by atoms with Gasteiger partial charge in [-0.05, 0) is 38.1 Å². The van der Waals surface area contributed by atoms with Crippen molar-refractivity contribution in [1.82, 2.24) is 15.3 Å². The molecule has 0 aliphatic heterocycles. The van der Waals surface area contributed by atoms with Crippen LogP contribution in [0.4, 0.5) is 0 Å². The number of benzene rings is 1. The Labute approximate surface area is 133 Å². The number of aromatic nitrogens is 2. The van der Waals surface area contributed by atoms with E-state index < -0.39 is 0 Å². The second-order valence-electron chi connectivity index (χ2n) is 4.94. The Hall–Kier alpha value is -2.86. The summed E-state index contributed by atoms with van der Waals surface area (Å²) in [6, 6.07) is 14.8. The number of carbonyl (C=O) groups is 1. The fourth-order valence-electron chi connectivity index (χ4n) is 2.19. The van der Waals surface area contributed by atoms with Crippen molar-refractivity contribution < 1.29 is 14.0 Å². The molecule has 1 amide bonds. The number of hydrogen-bond acceptors (Lipinski definition) is 4. The quantitative estimate of drug-likeness (QED) is 0.735. The van der Waals surface area contributed by atoms with Crippen molar-refractivity contribution in [3.05, 3.63) is 60.0 Å². The molecule has 0 fully saturated rings. The molecule has 6 heteroatoms. The van der Waals surface area contributed by atoms with Crippen LogP contribution in [0, 0.1) is 6.92 Å². The molecule has 0 saturated heterocycles. The maximum atomic E-state index is 12.3. The van der Waals surface area contributed by atoms with Gasteiger partial charge in [-0.3, -0.25) is 9.63 Å². The molecule has 0 aliphatic rings. The summed E-state index contributed by atoms with van der Waals surface area (Å²) in [7, 11) is 0. The van der Waals surface area contributed by atoms with Crippen molar-refractivity contribution in [3.63, 3.8) is 0 Å². The highest BCUT2D eigenvalue weighted by atomic mass is 16.6. The van der Waals surface area contributed by atoms with E-state index in [1.807, 2.05) is 49.4 Å². The summed E-state index contributed by atoms with van der Waals surface area (Å²) in [5.41, 5.74) is 4.14. The Morgan fingerprint density at radius 2 is 2.04 bits per heavy atom. The molecule has 3 aromatic rings. The Morgan fingerprint density at radius 1 is 1.26 bits per heavy atom. The van der Waals surface area contributed by atoms with Crippen molar-refractivity contribution in [3.8, 4) is 17.1 Å². The van der Waals surface area contributed by atoms with E-state index in [1.165, 1.54) is 0 Å². The zero-order valence-corrected chi connectivity index (χ0v) is 12.9. The van der Waals surface area contributed by atoms with Crippen molar-refractivity contribution >= 4 is 5.91 Å². The molecule has 6 nitrogen and oxygen atoms in total. The lowest BCUT2D eigenvalue weighted by Gasteiger charge is -2.07. The topological polar surface area (TPSA) is 69.3 Å². The Balaban J connectivity index is 2.05. The number of para-hydroxylation sites is 1. The maximum absolute atomic E-state index is 12.3. The first-order valence-corrected chi connectivity index (χ1v) is 7.33. The van der Waals surface area contributed by atoms with Gasteiger partial charge in [0, 0.05) is 6.07 Å². The summed E-state index contributed by atoms with van der Waals surface area (Å²) in [6.07, 6.45) is 0. The number of furan rings is 1. The fourth-order valence-corrected chi connectivity index (χ4v) is 2.19. The third-order valence-electron chi connectivity index (χ3n) is 3.24. The third-order valence-corrected chi connectivity index (χ3v) is 3.24. The van der Waals surface area contributed by atoms with E-state index in [4.69, 9.17) is 9.25 Å². The highest BCUT2D eigenvalue weighted by molar-refractivity contribution is 5.93. The van der Waals surface area contributed by atoms with Crippen LogP contribution >= 0.6 is 0 Å². The molecule has 1 N–H and O–H groups in total. The lowest BCUT2D eigenvalue weighted by atomic mass is 10.3. The molecular weight excluding hydrogens is 294 g/mol. The standard InChI is InChI=1S/C17H17N3O3/c1-3-22-19-17(21)15-11-14(16-10-9-12(2)23-16)18-20(15)13-7-5-4-6-8-13/h4-11H,3H2,1-2H3,(H,19,21). The number of carbonyl (C=O) groups excluding carboxylic acids is 1. The molecule has 0 unspecified atom stereocenters. The van der Waals surface area contributed by atoms with Gasteiger partial charge in [0.05, 0.1) is 12.3 Å². The van der Waals surface area contributed by atoms with Crippen LogP contribution in [0.15, 0.2) is 52.9 Å². The summed E-state index contributed by atoms with van der Waals surface area (Å²) in [6.45, 7) is 4.04. The summed E-state index contributed by atoms with van der Waals surface area (Å²) < 4.78 is 7.17. The lowest BCUT2D eigenvalue weighted by molar-refractivity contribution is 0.0357. The first kappa shape index (κ1) is 15.1. The molecule has 0 radical (unpaired) electrons. The Morgan fingerprint density at radius 3 is 2.70 bits per heavy atom. The maximum Gasteiger partial charge on any atom is 0.293 e. The highest BCUT2D eigenvalue weighted by Gasteiger charge is 2.19. The smallest absolute Gasteiger partial charge is 0.293 e. The number of rotatable bonds is 5. The number of amides is 1. The molecule has 118 valence electrons. The Bertz CT molecular complexity index is 806. The second kappa shape index (κ2) is 6.50. The molecular formula is C17H17N3O3. The summed E-state index contributed by atoms with van der Waals surface area (Å²) >= 11 is 0. The van der Waals surface area contributed by atoms with Crippen LogP contribution in [0.2, 0.25) is 0 Å². The predicted octanol–water partition coefficient (Wildman–Crippen LogP) is 3.12. The minimum Gasteiger partial charge on any atom is -0.460 e. The zero-order valence-electron chi connectivity index (χ0n) is 12.9. The Kier molecular flexibility index (Phi) is 4.25. The van der Waals surface area contributed by atoms with Crippen LogP contribution in [0.5, 0.6) is 0 Å². The highest BCUT2D eigenvalue weighted by Crippen LogP contribution is 2.23. The van der Waals surface area contributed by atoms with E-state index in [1.54, 1.807) is 17.7 Å². The van der Waals surface area contributed by atoms with Gasteiger partial charge in [0.25, 0.3) is 5.91 Å². The van der Waals surface area contributed by atoms with E-state index in [9.17, 15) is 4.79 Å². The van der Waals surface area contributed by atoms with Crippen molar-refractivity contribution in [2.45, 2.75) is 13.8 Å². The van der Waals surface area contributed by atoms with Gasteiger partial charge in [0.15, 0.2) is 5.76 Å². The van der Waals surface area contributed by atoms with Crippen molar-refractivity contribution in [2.75, 3.05) is 6.61 Å². The summed E-state index contributed by atoms with van der Waals surface area (Å²) in [5, 5.41) is 4.50. The molecule has 2 heterocycles. The molecule has 2 aromatic heterocycles. The third kappa shape index (κ3) is 3.17. The van der Waals surface area contributed by atoms with E-state index >= 15 is 0 Å². The van der Waals surface area contributed by atoms with Gasteiger partial charge in [-0.15, -0.1) is 0 Å². The largest absolute Gasteiger partial charge is 0.460 e. The number of aryl methyl sites for hydroxylation is 1. The molecule has 23 heavy (non-hydrogen) atoms. The van der Waals surface area contributed by atoms with Gasteiger partial charge < -0.3 is 4.42 Å². The first-order chi connectivity index (χ1) is 11.2. The van der Waals surface area contributed by atoms with Gasteiger partial charge >= 0.3 is 0 Å². The van der Waals surface area contributed by atoms with Crippen LogP contribution in [0.3, 0.4) is 0 Å². The lowest BCUT2D eigenvalue weighted by Crippen LogP contribution is -2.26. The van der Waals surface area contributed by atoms with Crippen molar-refractivity contribution in [2.24, 2.45) is 0 Å². The molecule has 0 atom stereocenters. The van der Waals surface area contributed by atoms with Gasteiger partial charge in [0.1, 0.15) is 17.1 Å². The molecule has 3 rings (SSSR count). The molecule has 0 spiro atoms. The van der Waals surface area contributed by atoms with Crippen LogP contribution in [0.25, 0.3) is 17.1 Å². The minimum absolute atomic E-state index is 0.363. The van der Waals surface area contributed by atoms with Crippen molar-refractivity contribution in [1.29, 1.82) is 0 Å². The number of nitrogens with zero attached hydrogens (tertiary/aromatic N) is 2. The van der Waals surface area contributed by atoms with Gasteiger partial charge in [-0.1, -0.05) is 18.2 Å². The fraction of sp³-hybridized carbons (Fsp3) is 0.176. The van der Waals surface area contributed by atoms with Crippen LogP contribution < -0.4 is 5.48 Å².